The van der Waals surface area contributed by atoms with Crippen molar-refractivity contribution in [3.8, 4) is 5.75 Å². The number of methoxy groups -OCH3 is 1. The standard InChI is InChI=1S/C20H22Cl2N2O4/c1-27-12-10-23-20(26)14-4-7-16(8-5-14)24-19(25)3-2-11-28-18-9-6-15(21)13-17(18)22/h4-9,13H,2-3,10-12H2,1H3,(H,23,26)(H,24,25). The third-order valence-corrected chi connectivity index (χ3v) is 4.25. The first-order chi connectivity index (χ1) is 13.5. The van der Waals surface area contributed by atoms with Crippen LogP contribution >= 0.6 is 23.2 Å². The third-order valence-electron chi connectivity index (χ3n) is 3.72. The Hall–Kier alpha value is -2.28. The minimum absolute atomic E-state index is 0.136. The lowest BCUT2D eigenvalue weighted by Crippen LogP contribution is -2.26. The van der Waals surface area contributed by atoms with Crippen molar-refractivity contribution in [3.05, 3.63) is 58.1 Å². The minimum Gasteiger partial charge on any atom is -0.492 e. The van der Waals surface area contributed by atoms with E-state index in [4.69, 9.17) is 32.7 Å². The fraction of sp³-hybridized carbons (Fsp3) is 0.300. The van der Waals surface area contributed by atoms with E-state index in [2.05, 4.69) is 10.6 Å². The Labute approximate surface area is 174 Å². The van der Waals surface area contributed by atoms with E-state index >= 15 is 0 Å². The number of rotatable bonds is 10. The van der Waals surface area contributed by atoms with Crippen molar-refractivity contribution >= 4 is 40.7 Å². The van der Waals surface area contributed by atoms with Gasteiger partial charge in [0.25, 0.3) is 5.91 Å². The molecule has 0 saturated heterocycles. The van der Waals surface area contributed by atoms with Gasteiger partial charge in [-0.05, 0) is 48.9 Å². The largest absolute Gasteiger partial charge is 0.492 e. The van der Waals surface area contributed by atoms with Crippen LogP contribution in [-0.4, -0.2) is 38.7 Å². The van der Waals surface area contributed by atoms with Crippen LogP contribution in [0.5, 0.6) is 5.75 Å². The fourth-order valence-corrected chi connectivity index (χ4v) is 2.77. The van der Waals surface area contributed by atoms with Crippen molar-refractivity contribution in [3.63, 3.8) is 0 Å². The summed E-state index contributed by atoms with van der Waals surface area (Å²) in [4.78, 5) is 23.9. The van der Waals surface area contributed by atoms with Crippen LogP contribution in [0.4, 0.5) is 5.69 Å². The summed E-state index contributed by atoms with van der Waals surface area (Å²) in [5.74, 6) is 0.210. The Morgan fingerprint density at radius 3 is 2.46 bits per heavy atom. The quantitative estimate of drug-likeness (QED) is 0.561. The SMILES string of the molecule is COCCNC(=O)c1ccc(NC(=O)CCCOc2ccc(Cl)cc2Cl)cc1. The van der Waals surface area contributed by atoms with Gasteiger partial charge in [-0.25, -0.2) is 0 Å². The lowest BCUT2D eigenvalue weighted by molar-refractivity contribution is -0.116. The van der Waals surface area contributed by atoms with Gasteiger partial charge in [-0.3, -0.25) is 9.59 Å². The second-order valence-corrected chi connectivity index (χ2v) is 6.74. The zero-order chi connectivity index (χ0) is 20.4. The average Bonchev–Trinajstić information content (AvgIpc) is 2.67. The van der Waals surface area contributed by atoms with Gasteiger partial charge >= 0.3 is 0 Å². The lowest BCUT2D eigenvalue weighted by Gasteiger charge is -2.09. The van der Waals surface area contributed by atoms with E-state index in [1.54, 1.807) is 49.6 Å². The van der Waals surface area contributed by atoms with E-state index in [-0.39, 0.29) is 11.8 Å². The predicted octanol–water partition coefficient (Wildman–Crippen LogP) is 4.17. The van der Waals surface area contributed by atoms with Crippen LogP contribution in [-0.2, 0) is 9.53 Å². The molecule has 0 atom stereocenters. The molecule has 2 rings (SSSR count). The Morgan fingerprint density at radius 2 is 1.79 bits per heavy atom. The van der Waals surface area contributed by atoms with Crippen molar-refractivity contribution in [2.24, 2.45) is 0 Å². The van der Waals surface area contributed by atoms with Crippen molar-refractivity contribution in [2.45, 2.75) is 12.8 Å². The van der Waals surface area contributed by atoms with E-state index in [0.29, 0.717) is 59.6 Å². The Morgan fingerprint density at radius 1 is 1.04 bits per heavy atom. The molecule has 0 aliphatic heterocycles. The molecule has 0 saturated carbocycles. The van der Waals surface area contributed by atoms with Crippen molar-refractivity contribution in [1.29, 1.82) is 0 Å². The summed E-state index contributed by atoms with van der Waals surface area (Å²) in [7, 11) is 1.57. The normalized spacial score (nSPS) is 10.4. The molecular weight excluding hydrogens is 403 g/mol. The molecule has 0 aliphatic rings. The molecule has 0 aromatic heterocycles. The number of carbonyl (C=O) groups is 2. The zero-order valence-corrected chi connectivity index (χ0v) is 17.0. The third kappa shape index (κ3) is 7.38. The van der Waals surface area contributed by atoms with Crippen LogP contribution < -0.4 is 15.4 Å². The summed E-state index contributed by atoms with van der Waals surface area (Å²) < 4.78 is 10.4. The van der Waals surface area contributed by atoms with Crippen LogP contribution in [0.25, 0.3) is 0 Å². The zero-order valence-electron chi connectivity index (χ0n) is 15.5. The number of benzene rings is 2. The molecule has 2 aromatic carbocycles. The van der Waals surface area contributed by atoms with Crippen LogP contribution in [0.15, 0.2) is 42.5 Å². The number of ether oxygens (including phenoxy) is 2. The van der Waals surface area contributed by atoms with E-state index < -0.39 is 0 Å². The molecule has 2 aromatic rings. The maximum atomic E-state index is 12.0. The number of anilines is 1. The monoisotopic (exact) mass is 424 g/mol. The number of nitrogens with one attached hydrogen (secondary N) is 2. The fourth-order valence-electron chi connectivity index (χ4n) is 2.30. The smallest absolute Gasteiger partial charge is 0.251 e. The van der Waals surface area contributed by atoms with Gasteiger partial charge in [0, 0.05) is 36.3 Å². The number of hydrogen-bond donors (Lipinski definition) is 2. The second kappa shape index (κ2) is 11.5. The highest BCUT2D eigenvalue weighted by Crippen LogP contribution is 2.27. The molecule has 0 heterocycles. The molecule has 0 spiro atoms. The van der Waals surface area contributed by atoms with Gasteiger partial charge in [-0.1, -0.05) is 23.2 Å². The number of hydrogen-bond acceptors (Lipinski definition) is 4. The molecule has 150 valence electrons. The van der Waals surface area contributed by atoms with E-state index in [9.17, 15) is 9.59 Å². The summed E-state index contributed by atoms with van der Waals surface area (Å²) in [6, 6.07) is 11.7. The first-order valence-electron chi connectivity index (χ1n) is 8.74. The molecule has 0 radical (unpaired) electrons. The first-order valence-corrected chi connectivity index (χ1v) is 9.50. The highest BCUT2D eigenvalue weighted by Gasteiger charge is 2.07. The van der Waals surface area contributed by atoms with Gasteiger partial charge in [0.1, 0.15) is 5.75 Å². The van der Waals surface area contributed by atoms with Crippen LogP contribution in [0.2, 0.25) is 10.0 Å². The predicted molar refractivity (Wildman–Crippen MR) is 110 cm³/mol. The summed E-state index contributed by atoms with van der Waals surface area (Å²) in [6.07, 6.45) is 0.829. The molecule has 8 heteroatoms. The van der Waals surface area contributed by atoms with Gasteiger partial charge in [0.2, 0.25) is 5.91 Å². The Balaban J connectivity index is 1.71. The minimum atomic E-state index is -0.187. The first kappa shape index (κ1) is 22.0. The van der Waals surface area contributed by atoms with Crippen molar-refractivity contribution < 1.29 is 19.1 Å². The number of halogens is 2. The van der Waals surface area contributed by atoms with Gasteiger partial charge in [0.15, 0.2) is 0 Å². The topological polar surface area (TPSA) is 76.7 Å². The van der Waals surface area contributed by atoms with Crippen molar-refractivity contribution in [1.82, 2.24) is 5.32 Å². The Kier molecular flexibility index (Phi) is 9.07. The Bertz CT molecular complexity index is 797. The summed E-state index contributed by atoms with van der Waals surface area (Å²) in [5, 5.41) is 6.49. The van der Waals surface area contributed by atoms with Crippen LogP contribution in [0, 0.1) is 0 Å². The highest BCUT2D eigenvalue weighted by atomic mass is 35.5. The maximum Gasteiger partial charge on any atom is 0.251 e. The summed E-state index contributed by atoms with van der Waals surface area (Å²) in [5.41, 5.74) is 1.14. The molecule has 2 amide bonds. The number of amides is 2. The van der Waals surface area contributed by atoms with Crippen molar-refractivity contribution in [2.75, 3.05) is 32.2 Å². The van der Waals surface area contributed by atoms with Crippen LogP contribution in [0.3, 0.4) is 0 Å². The second-order valence-electron chi connectivity index (χ2n) is 5.90. The molecule has 0 unspecified atom stereocenters. The van der Waals surface area contributed by atoms with Gasteiger partial charge in [-0.2, -0.15) is 0 Å². The van der Waals surface area contributed by atoms with Gasteiger partial charge < -0.3 is 20.1 Å². The van der Waals surface area contributed by atoms with Gasteiger partial charge in [-0.15, -0.1) is 0 Å². The van der Waals surface area contributed by atoms with Gasteiger partial charge in [0.05, 0.1) is 18.2 Å². The molecule has 0 bridgehead atoms. The average molecular weight is 425 g/mol. The molecule has 0 aliphatic carbocycles. The number of carbonyl (C=O) groups excluding carboxylic acids is 2. The van der Waals surface area contributed by atoms with E-state index in [1.807, 2.05) is 0 Å². The van der Waals surface area contributed by atoms with Crippen LogP contribution in [0.1, 0.15) is 23.2 Å². The van der Waals surface area contributed by atoms with E-state index in [0.717, 1.165) is 0 Å². The lowest BCUT2D eigenvalue weighted by atomic mass is 10.2. The molecule has 0 fully saturated rings. The summed E-state index contributed by atoms with van der Waals surface area (Å²) in [6.45, 7) is 1.25. The molecular formula is C20H22Cl2N2O4. The summed E-state index contributed by atoms with van der Waals surface area (Å²) >= 11 is 11.9. The molecule has 2 N–H and O–H groups in total. The maximum absolute atomic E-state index is 12.0. The highest BCUT2D eigenvalue weighted by molar-refractivity contribution is 6.35. The van der Waals surface area contributed by atoms with E-state index in [1.165, 1.54) is 0 Å². The molecule has 6 nitrogen and oxygen atoms in total. The molecule has 28 heavy (non-hydrogen) atoms.